The summed E-state index contributed by atoms with van der Waals surface area (Å²) in [4.78, 5) is 12.2. The smallest absolute Gasteiger partial charge is 0.276 e. The third-order valence-electron chi connectivity index (χ3n) is 3.31. The Morgan fingerprint density at radius 1 is 1.00 bits per heavy atom. The summed E-state index contributed by atoms with van der Waals surface area (Å²) in [5, 5.41) is 22.4. The van der Waals surface area contributed by atoms with E-state index < -0.39 is 5.91 Å². The molecule has 122 valence electrons. The van der Waals surface area contributed by atoms with Gasteiger partial charge >= 0.3 is 0 Å². The van der Waals surface area contributed by atoms with Crippen LogP contribution in [0.25, 0.3) is 0 Å². The highest BCUT2D eigenvalue weighted by atomic mass is 19.1. The molecule has 0 bridgehead atoms. The Balaban J connectivity index is 1.70. The first-order valence-electron chi connectivity index (χ1n) is 7.32. The molecule has 1 amide bonds. The van der Waals surface area contributed by atoms with Crippen molar-refractivity contribution in [2.75, 3.05) is 10.6 Å². The Kier molecular flexibility index (Phi) is 4.62. The summed E-state index contributed by atoms with van der Waals surface area (Å²) in [6.45, 7) is 0. The molecule has 1 heterocycles. The number of hydrogen-bond acceptors (Lipinski definition) is 5. The Labute approximate surface area is 143 Å². The molecule has 0 radical (unpaired) electrons. The number of carbonyl (C=O) groups is 1. The molecule has 0 fully saturated rings. The maximum Gasteiger partial charge on any atom is 0.276 e. The quantitative estimate of drug-likeness (QED) is 0.763. The molecule has 1 aromatic heterocycles. The lowest BCUT2D eigenvalue weighted by Crippen LogP contribution is -2.15. The SMILES string of the molecule is N#Cc1ccccc1NC(=O)c1ccc(Nc2ccc(F)cc2)nn1. The van der Waals surface area contributed by atoms with E-state index in [0.29, 0.717) is 22.8 Å². The van der Waals surface area contributed by atoms with Crippen LogP contribution in [0.15, 0.2) is 60.7 Å². The lowest BCUT2D eigenvalue weighted by atomic mass is 10.2. The van der Waals surface area contributed by atoms with E-state index in [2.05, 4.69) is 20.8 Å². The van der Waals surface area contributed by atoms with E-state index in [4.69, 9.17) is 5.26 Å². The van der Waals surface area contributed by atoms with Crippen LogP contribution in [-0.4, -0.2) is 16.1 Å². The van der Waals surface area contributed by atoms with Gasteiger partial charge in [-0.15, -0.1) is 10.2 Å². The number of hydrogen-bond donors (Lipinski definition) is 2. The molecule has 2 N–H and O–H groups in total. The van der Waals surface area contributed by atoms with Crippen molar-refractivity contribution in [2.24, 2.45) is 0 Å². The van der Waals surface area contributed by atoms with E-state index in [1.807, 2.05) is 6.07 Å². The molecule has 3 rings (SSSR count). The minimum Gasteiger partial charge on any atom is -0.339 e. The molecule has 0 aliphatic rings. The summed E-state index contributed by atoms with van der Waals surface area (Å²) in [6, 6.07) is 17.5. The average molecular weight is 333 g/mol. The van der Waals surface area contributed by atoms with Gasteiger partial charge in [0.1, 0.15) is 11.9 Å². The molecular formula is C18H12FN5O. The minimum atomic E-state index is -0.469. The largest absolute Gasteiger partial charge is 0.339 e. The van der Waals surface area contributed by atoms with Crippen molar-refractivity contribution in [3.63, 3.8) is 0 Å². The monoisotopic (exact) mass is 333 g/mol. The van der Waals surface area contributed by atoms with Crippen molar-refractivity contribution >= 4 is 23.1 Å². The summed E-state index contributed by atoms with van der Waals surface area (Å²) in [6.07, 6.45) is 0. The highest BCUT2D eigenvalue weighted by Crippen LogP contribution is 2.16. The zero-order valence-electron chi connectivity index (χ0n) is 12.9. The summed E-state index contributed by atoms with van der Waals surface area (Å²) < 4.78 is 12.9. The van der Waals surface area contributed by atoms with Gasteiger partial charge in [-0.2, -0.15) is 5.26 Å². The summed E-state index contributed by atoms with van der Waals surface area (Å²) >= 11 is 0. The normalized spacial score (nSPS) is 9.92. The second-order valence-electron chi connectivity index (χ2n) is 5.05. The number of para-hydroxylation sites is 1. The van der Waals surface area contributed by atoms with E-state index in [1.54, 1.807) is 42.5 Å². The van der Waals surface area contributed by atoms with Crippen LogP contribution in [0, 0.1) is 17.1 Å². The molecule has 25 heavy (non-hydrogen) atoms. The molecule has 2 aromatic carbocycles. The number of carbonyl (C=O) groups excluding carboxylic acids is 1. The standard InChI is InChI=1S/C18H12FN5O/c19-13-5-7-14(8-6-13)21-17-10-9-16(23-24-17)18(25)22-15-4-2-1-3-12(15)11-20/h1-10H,(H,21,24)(H,22,25). The number of nitrogens with zero attached hydrogens (tertiary/aromatic N) is 3. The first kappa shape index (κ1) is 16.1. The zero-order chi connectivity index (χ0) is 17.6. The van der Waals surface area contributed by atoms with E-state index in [0.717, 1.165) is 0 Å². The number of nitrogens with one attached hydrogen (secondary N) is 2. The maximum absolute atomic E-state index is 12.9. The lowest BCUT2D eigenvalue weighted by Gasteiger charge is -2.07. The molecule has 0 aliphatic carbocycles. The number of anilines is 3. The fraction of sp³-hybridized carbons (Fsp3) is 0. The van der Waals surface area contributed by atoms with E-state index in [1.165, 1.54) is 18.2 Å². The number of aromatic nitrogens is 2. The molecule has 0 unspecified atom stereocenters. The fourth-order valence-corrected chi connectivity index (χ4v) is 2.08. The van der Waals surface area contributed by atoms with E-state index in [9.17, 15) is 9.18 Å². The predicted octanol–water partition coefficient (Wildman–Crippen LogP) is 3.48. The number of amides is 1. The third kappa shape index (κ3) is 3.95. The van der Waals surface area contributed by atoms with Crippen LogP contribution < -0.4 is 10.6 Å². The van der Waals surface area contributed by atoms with Crippen LogP contribution in [0.2, 0.25) is 0 Å². The van der Waals surface area contributed by atoms with Crippen LogP contribution in [0.4, 0.5) is 21.6 Å². The summed E-state index contributed by atoms with van der Waals surface area (Å²) in [5.41, 5.74) is 1.52. The Morgan fingerprint density at radius 2 is 1.76 bits per heavy atom. The Hall–Kier alpha value is -3.79. The van der Waals surface area contributed by atoms with Crippen molar-refractivity contribution in [1.29, 1.82) is 5.26 Å². The molecule has 7 heteroatoms. The lowest BCUT2D eigenvalue weighted by molar-refractivity contribution is 0.102. The van der Waals surface area contributed by atoms with Crippen molar-refractivity contribution in [3.8, 4) is 6.07 Å². The molecule has 3 aromatic rings. The second-order valence-corrected chi connectivity index (χ2v) is 5.05. The van der Waals surface area contributed by atoms with Gasteiger partial charge in [-0.25, -0.2) is 4.39 Å². The summed E-state index contributed by atoms with van der Waals surface area (Å²) in [5.74, 6) is -0.384. The highest BCUT2D eigenvalue weighted by molar-refractivity contribution is 6.03. The van der Waals surface area contributed by atoms with Crippen LogP contribution in [-0.2, 0) is 0 Å². The first-order chi connectivity index (χ1) is 12.2. The van der Waals surface area contributed by atoms with Crippen molar-refractivity contribution < 1.29 is 9.18 Å². The van der Waals surface area contributed by atoms with Gasteiger partial charge in [0.15, 0.2) is 11.5 Å². The van der Waals surface area contributed by atoms with E-state index >= 15 is 0 Å². The van der Waals surface area contributed by atoms with Gasteiger partial charge in [0.05, 0.1) is 11.3 Å². The molecule has 0 saturated heterocycles. The molecule has 6 nitrogen and oxygen atoms in total. The number of nitriles is 1. The second kappa shape index (κ2) is 7.19. The molecular weight excluding hydrogens is 321 g/mol. The number of rotatable bonds is 4. The van der Waals surface area contributed by atoms with Gasteiger partial charge in [0.2, 0.25) is 0 Å². The molecule has 0 atom stereocenters. The number of halogens is 1. The van der Waals surface area contributed by atoms with Crippen LogP contribution in [0.3, 0.4) is 0 Å². The van der Waals surface area contributed by atoms with Gasteiger partial charge < -0.3 is 10.6 Å². The fourth-order valence-electron chi connectivity index (χ4n) is 2.08. The highest BCUT2D eigenvalue weighted by Gasteiger charge is 2.11. The molecule has 0 saturated carbocycles. The topological polar surface area (TPSA) is 90.7 Å². The Bertz CT molecular complexity index is 933. The first-order valence-corrected chi connectivity index (χ1v) is 7.32. The van der Waals surface area contributed by atoms with Gasteiger partial charge in [-0.05, 0) is 48.5 Å². The minimum absolute atomic E-state index is 0.109. The predicted molar refractivity (Wildman–Crippen MR) is 90.8 cm³/mol. The van der Waals surface area contributed by atoms with Crippen molar-refractivity contribution in [2.45, 2.75) is 0 Å². The Morgan fingerprint density at radius 3 is 2.44 bits per heavy atom. The van der Waals surface area contributed by atoms with Crippen LogP contribution in [0.5, 0.6) is 0 Å². The average Bonchev–Trinajstić information content (AvgIpc) is 2.64. The van der Waals surface area contributed by atoms with Gasteiger partial charge in [-0.1, -0.05) is 12.1 Å². The van der Waals surface area contributed by atoms with Crippen molar-refractivity contribution in [1.82, 2.24) is 10.2 Å². The van der Waals surface area contributed by atoms with Crippen molar-refractivity contribution in [3.05, 3.63) is 77.7 Å². The number of benzene rings is 2. The van der Waals surface area contributed by atoms with Crippen LogP contribution in [0.1, 0.15) is 16.1 Å². The zero-order valence-corrected chi connectivity index (χ0v) is 12.9. The van der Waals surface area contributed by atoms with Gasteiger partial charge in [0, 0.05) is 5.69 Å². The molecule has 0 aliphatic heterocycles. The summed E-state index contributed by atoms with van der Waals surface area (Å²) in [7, 11) is 0. The van der Waals surface area contributed by atoms with E-state index in [-0.39, 0.29) is 11.5 Å². The van der Waals surface area contributed by atoms with Crippen LogP contribution >= 0.6 is 0 Å². The van der Waals surface area contributed by atoms with Gasteiger partial charge in [-0.3, -0.25) is 4.79 Å². The molecule has 0 spiro atoms. The van der Waals surface area contributed by atoms with Gasteiger partial charge in [0.25, 0.3) is 5.91 Å². The third-order valence-corrected chi connectivity index (χ3v) is 3.31. The maximum atomic E-state index is 12.9.